The van der Waals surface area contributed by atoms with Gasteiger partial charge in [-0.1, -0.05) is 121 Å². The second-order valence-corrected chi connectivity index (χ2v) is 15.5. The van der Waals surface area contributed by atoms with Gasteiger partial charge in [0.1, 0.15) is 0 Å². The molecule has 0 bridgehead atoms. The Morgan fingerprint density at radius 3 is 1.55 bits per heavy atom. The van der Waals surface area contributed by atoms with Crippen LogP contribution in [0.2, 0.25) is 0 Å². The molecule has 10 aromatic rings. The Kier molecular flexibility index (Phi) is 6.72. The summed E-state index contributed by atoms with van der Waals surface area (Å²) in [5, 5.41) is 2.41. The Morgan fingerprint density at radius 2 is 0.950 bits per heavy atom. The molecule has 2 aliphatic rings. The van der Waals surface area contributed by atoms with Crippen molar-refractivity contribution in [1.82, 2.24) is 4.57 Å². The molecule has 0 atom stereocenters. The van der Waals surface area contributed by atoms with Crippen molar-refractivity contribution in [2.45, 2.75) is 6.92 Å². The molecule has 4 nitrogen and oxygen atoms in total. The Hall–Kier alpha value is -7.76. The van der Waals surface area contributed by atoms with Crippen LogP contribution in [0.5, 0.6) is 0 Å². The Morgan fingerprint density at radius 1 is 0.433 bits per heavy atom. The van der Waals surface area contributed by atoms with E-state index >= 15 is 0 Å². The Bertz CT molecular complexity index is 3460. The molecule has 282 valence electrons. The molecule has 2 aliphatic heterocycles. The van der Waals surface area contributed by atoms with Gasteiger partial charge < -0.3 is 19.3 Å². The SMILES string of the molecule is [2H]c1c([2H])c([2H])c(N(c2ccccc2)c2ccc3c(c2)N(c2ccccc2)c2cc(C)cc4c2B3c2ccc(-n3c5ccccc5c5ccccc53)cc2N4c2ccccc2)c([2H])c1[2H]. The summed E-state index contributed by atoms with van der Waals surface area (Å²) >= 11 is 0. The van der Waals surface area contributed by atoms with Crippen LogP contribution in [0, 0.1) is 6.92 Å². The summed E-state index contributed by atoms with van der Waals surface area (Å²) in [6.07, 6.45) is 0. The molecular formula is C55H39BN4. The number of para-hydroxylation sites is 6. The van der Waals surface area contributed by atoms with Gasteiger partial charge in [0, 0.05) is 67.6 Å². The van der Waals surface area contributed by atoms with Crippen molar-refractivity contribution in [2.75, 3.05) is 14.7 Å². The number of nitrogens with zero attached hydrogens (tertiary/aromatic N) is 4. The third kappa shape index (κ3) is 5.26. The zero-order valence-corrected chi connectivity index (χ0v) is 32.8. The van der Waals surface area contributed by atoms with Crippen LogP contribution in [0.1, 0.15) is 12.4 Å². The summed E-state index contributed by atoms with van der Waals surface area (Å²) in [6.45, 7) is 1.97. The van der Waals surface area contributed by atoms with E-state index in [1.165, 1.54) is 16.2 Å². The number of hydrogen-bond acceptors (Lipinski definition) is 3. The molecule has 0 fully saturated rings. The number of hydrogen-bond donors (Lipinski definition) is 0. The van der Waals surface area contributed by atoms with Crippen molar-refractivity contribution in [2.24, 2.45) is 0 Å². The van der Waals surface area contributed by atoms with Gasteiger partial charge in [0.2, 0.25) is 0 Å². The number of rotatable bonds is 6. The molecule has 0 aliphatic carbocycles. The maximum atomic E-state index is 9.14. The smallest absolute Gasteiger partial charge is 0.252 e. The average Bonchev–Trinajstić information content (AvgIpc) is 3.68. The number of benzene rings is 9. The molecule has 12 rings (SSSR count). The van der Waals surface area contributed by atoms with Crippen molar-refractivity contribution in [1.29, 1.82) is 0 Å². The van der Waals surface area contributed by atoms with Crippen LogP contribution >= 0.6 is 0 Å². The molecule has 0 saturated carbocycles. The van der Waals surface area contributed by atoms with Gasteiger partial charge in [-0.15, -0.1) is 0 Å². The Balaban J connectivity index is 1.15. The van der Waals surface area contributed by atoms with Gasteiger partial charge >= 0.3 is 0 Å². The van der Waals surface area contributed by atoms with E-state index in [-0.39, 0.29) is 36.6 Å². The standard InChI is InChI=1S/C55H39BN4/c1-38-34-53-55-54(35-38)59(42-24-12-5-13-25-42)52-37-44(60-49-28-16-14-26-45(49)46-27-15-17-29-50(46)60)31-33-48(52)56(55)47-32-30-43(36-51(47)58(53)41-22-10-4-11-23-41)57(39-18-6-2-7-19-39)40-20-8-3-9-21-40/h2-37H,1H3/i2D,6D,7D,18D,19D. The van der Waals surface area contributed by atoms with Crippen LogP contribution < -0.4 is 31.1 Å². The van der Waals surface area contributed by atoms with Crippen LogP contribution in [0.4, 0.5) is 51.2 Å². The number of anilines is 9. The lowest BCUT2D eigenvalue weighted by molar-refractivity contribution is 1.17. The summed E-state index contributed by atoms with van der Waals surface area (Å²) in [6, 6.07) is 63.8. The maximum absolute atomic E-state index is 9.14. The lowest BCUT2D eigenvalue weighted by Crippen LogP contribution is -2.61. The molecule has 0 amide bonds. The highest BCUT2D eigenvalue weighted by molar-refractivity contribution is 7.00. The highest BCUT2D eigenvalue weighted by Gasteiger charge is 2.44. The van der Waals surface area contributed by atoms with Gasteiger partial charge in [-0.3, -0.25) is 0 Å². The number of fused-ring (bicyclic) bond motifs is 7. The maximum Gasteiger partial charge on any atom is 0.252 e. The van der Waals surface area contributed by atoms with Gasteiger partial charge in [0.25, 0.3) is 6.71 Å². The van der Waals surface area contributed by atoms with Crippen LogP contribution in [-0.4, -0.2) is 11.3 Å². The molecule has 60 heavy (non-hydrogen) atoms. The first-order chi connectivity index (χ1) is 31.8. The van der Waals surface area contributed by atoms with Crippen LogP contribution in [-0.2, 0) is 0 Å². The molecule has 0 saturated heterocycles. The van der Waals surface area contributed by atoms with Crippen molar-refractivity contribution in [3.8, 4) is 5.69 Å². The van der Waals surface area contributed by atoms with Crippen molar-refractivity contribution >= 4 is 96.1 Å². The summed E-state index contributed by atoms with van der Waals surface area (Å²) in [5.74, 6) is 0. The van der Waals surface area contributed by atoms with E-state index in [2.05, 4.69) is 167 Å². The number of aryl methyl sites for hydroxylation is 1. The fourth-order valence-corrected chi connectivity index (χ4v) is 9.63. The van der Waals surface area contributed by atoms with Crippen LogP contribution in [0.25, 0.3) is 27.5 Å². The van der Waals surface area contributed by atoms with Crippen LogP contribution in [0.15, 0.2) is 218 Å². The first-order valence-electron chi connectivity index (χ1n) is 22.8. The van der Waals surface area contributed by atoms with Gasteiger partial charge in [0.05, 0.1) is 17.9 Å². The third-order valence-electron chi connectivity index (χ3n) is 12.0. The van der Waals surface area contributed by atoms with Gasteiger partial charge in [-0.2, -0.15) is 0 Å². The summed E-state index contributed by atoms with van der Waals surface area (Å²) in [5.41, 5.74) is 15.5. The lowest BCUT2D eigenvalue weighted by atomic mass is 9.33. The predicted molar refractivity (Wildman–Crippen MR) is 254 cm³/mol. The monoisotopic (exact) mass is 771 g/mol. The minimum atomic E-state index is -0.429. The fourth-order valence-electron chi connectivity index (χ4n) is 9.63. The zero-order valence-electron chi connectivity index (χ0n) is 37.8. The quantitative estimate of drug-likeness (QED) is 0.157. The molecule has 1 aromatic heterocycles. The lowest BCUT2D eigenvalue weighted by Gasteiger charge is -2.44. The van der Waals surface area contributed by atoms with E-state index in [1.807, 2.05) is 42.5 Å². The molecule has 9 aromatic carbocycles. The first-order valence-corrected chi connectivity index (χ1v) is 20.3. The molecule has 3 heterocycles. The minimum absolute atomic E-state index is 0.0851. The third-order valence-corrected chi connectivity index (χ3v) is 12.0. The summed E-state index contributed by atoms with van der Waals surface area (Å²) < 4.78 is 46.4. The summed E-state index contributed by atoms with van der Waals surface area (Å²) in [7, 11) is 0. The van der Waals surface area contributed by atoms with Crippen molar-refractivity contribution in [3.63, 3.8) is 0 Å². The first kappa shape index (κ1) is 29.5. The highest BCUT2D eigenvalue weighted by Crippen LogP contribution is 2.47. The van der Waals surface area contributed by atoms with E-state index in [4.69, 9.17) is 6.85 Å². The van der Waals surface area contributed by atoms with Crippen molar-refractivity contribution in [3.05, 3.63) is 224 Å². The highest BCUT2D eigenvalue weighted by atomic mass is 15.2. The van der Waals surface area contributed by atoms with E-state index in [1.54, 1.807) is 4.90 Å². The molecule has 5 heteroatoms. The zero-order chi connectivity index (χ0) is 44.1. The average molecular weight is 772 g/mol. The van der Waals surface area contributed by atoms with Crippen LogP contribution in [0.3, 0.4) is 0 Å². The normalized spacial score (nSPS) is 13.8. The van der Waals surface area contributed by atoms with Gasteiger partial charge in [0.15, 0.2) is 0 Å². The van der Waals surface area contributed by atoms with Crippen molar-refractivity contribution < 1.29 is 6.85 Å². The summed E-state index contributed by atoms with van der Waals surface area (Å²) in [4.78, 5) is 6.55. The predicted octanol–water partition coefficient (Wildman–Crippen LogP) is 12.6. The minimum Gasteiger partial charge on any atom is -0.311 e. The fraction of sp³-hybridized carbons (Fsp3) is 0.0182. The molecule has 0 spiro atoms. The van der Waals surface area contributed by atoms with E-state index in [0.717, 1.165) is 67.3 Å². The molecule has 0 radical (unpaired) electrons. The van der Waals surface area contributed by atoms with E-state index in [9.17, 15) is 0 Å². The second kappa shape index (κ2) is 13.7. The largest absolute Gasteiger partial charge is 0.311 e. The van der Waals surface area contributed by atoms with E-state index in [0.29, 0.717) is 11.4 Å². The van der Waals surface area contributed by atoms with E-state index < -0.39 is 6.04 Å². The molecular weight excluding hydrogens is 727 g/mol. The topological polar surface area (TPSA) is 14.7 Å². The Labute approximate surface area is 357 Å². The second-order valence-electron chi connectivity index (χ2n) is 15.5. The van der Waals surface area contributed by atoms with Gasteiger partial charge in [-0.05, 0) is 126 Å². The molecule has 0 N–H and O–H groups in total. The molecule has 0 unspecified atom stereocenters. The van der Waals surface area contributed by atoms with Gasteiger partial charge in [-0.25, -0.2) is 0 Å². The number of aromatic nitrogens is 1.